The number of hydrogen-bond acceptors (Lipinski definition) is 1. The molecule has 1 nitrogen and oxygen atoms in total. The second-order valence-electron chi connectivity index (χ2n) is 2.69. The Morgan fingerprint density at radius 2 is 2.25 bits per heavy atom. The zero-order chi connectivity index (χ0) is 9.14. The summed E-state index contributed by atoms with van der Waals surface area (Å²) in [5.74, 6) is 0. The first kappa shape index (κ1) is 10.0. The summed E-state index contributed by atoms with van der Waals surface area (Å²) in [5.41, 5.74) is 6.93. The molecule has 1 aromatic carbocycles. The van der Waals surface area contributed by atoms with Gasteiger partial charge in [-0.25, -0.2) is 0 Å². The van der Waals surface area contributed by atoms with E-state index >= 15 is 0 Å². The lowest BCUT2D eigenvalue weighted by Crippen LogP contribution is -2.08. The molecule has 0 bridgehead atoms. The maximum absolute atomic E-state index is 5.91. The number of halogens is 2. The van der Waals surface area contributed by atoms with E-state index in [2.05, 4.69) is 22.9 Å². The number of benzene rings is 1. The van der Waals surface area contributed by atoms with Crippen molar-refractivity contribution in [3.8, 4) is 0 Å². The van der Waals surface area contributed by atoms with Crippen molar-refractivity contribution in [1.82, 2.24) is 0 Å². The fourth-order valence-corrected chi connectivity index (χ4v) is 1.41. The number of hydrogen-bond donors (Lipinski definition) is 1. The summed E-state index contributed by atoms with van der Waals surface area (Å²) in [4.78, 5) is 0. The topological polar surface area (TPSA) is 26.0 Å². The largest absolute Gasteiger partial charge is 0.324 e. The molecule has 1 atom stereocenters. The molecule has 0 aliphatic rings. The lowest BCUT2D eigenvalue weighted by atomic mass is 10.1. The van der Waals surface area contributed by atoms with Crippen LogP contribution in [-0.4, -0.2) is 0 Å². The molecule has 1 rings (SSSR count). The van der Waals surface area contributed by atoms with Gasteiger partial charge in [0.15, 0.2) is 0 Å². The average molecular weight is 249 g/mol. The van der Waals surface area contributed by atoms with Gasteiger partial charge in [0, 0.05) is 10.5 Å². The highest BCUT2D eigenvalue weighted by atomic mass is 79.9. The zero-order valence-corrected chi connectivity index (χ0v) is 9.19. The summed E-state index contributed by atoms with van der Waals surface area (Å²) >= 11 is 9.24. The van der Waals surface area contributed by atoms with Gasteiger partial charge in [0.25, 0.3) is 0 Å². The van der Waals surface area contributed by atoms with Crippen molar-refractivity contribution in [1.29, 1.82) is 0 Å². The molecule has 0 aliphatic heterocycles. The Morgan fingerprint density at radius 3 is 2.75 bits per heavy atom. The molecule has 0 fully saturated rings. The van der Waals surface area contributed by atoms with Crippen molar-refractivity contribution in [2.24, 2.45) is 5.73 Å². The van der Waals surface area contributed by atoms with Gasteiger partial charge in [-0.1, -0.05) is 24.6 Å². The predicted octanol–water partition coefficient (Wildman–Crippen LogP) is 3.51. The third-order valence-electron chi connectivity index (χ3n) is 1.81. The maximum Gasteiger partial charge on any atom is 0.0551 e. The fraction of sp³-hybridized carbons (Fsp3) is 0.333. The van der Waals surface area contributed by atoms with Gasteiger partial charge in [-0.15, -0.1) is 0 Å². The van der Waals surface area contributed by atoms with Crippen LogP contribution in [-0.2, 0) is 0 Å². The zero-order valence-electron chi connectivity index (χ0n) is 6.85. The van der Waals surface area contributed by atoms with Gasteiger partial charge in [-0.05, 0) is 40.0 Å². The molecule has 0 aliphatic carbocycles. The SMILES string of the molecule is CCC(N)c1ccc(Br)c(Cl)c1. The first-order valence-electron chi connectivity index (χ1n) is 3.85. The van der Waals surface area contributed by atoms with Gasteiger partial charge in [-0.2, -0.15) is 0 Å². The summed E-state index contributed by atoms with van der Waals surface area (Å²) in [5, 5.41) is 0.719. The second kappa shape index (κ2) is 4.26. The van der Waals surface area contributed by atoms with Crippen molar-refractivity contribution in [2.45, 2.75) is 19.4 Å². The monoisotopic (exact) mass is 247 g/mol. The molecule has 2 N–H and O–H groups in total. The van der Waals surface area contributed by atoms with Gasteiger partial charge >= 0.3 is 0 Å². The van der Waals surface area contributed by atoms with Crippen LogP contribution in [0, 0.1) is 0 Å². The molecule has 0 radical (unpaired) electrons. The molecule has 0 heterocycles. The third kappa shape index (κ3) is 2.22. The van der Waals surface area contributed by atoms with Crippen LogP contribution in [0.15, 0.2) is 22.7 Å². The Balaban J connectivity index is 2.96. The molecule has 0 spiro atoms. The highest BCUT2D eigenvalue weighted by Gasteiger charge is 2.04. The Labute approximate surface area is 86.0 Å². The van der Waals surface area contributed by atoms with Crippen molar-refractivity contribution in [3.63, 3.8) is 0 Å². The van der Waals surface area contributed by atoms with Gasteiger partial charge < -0.3 is 5.73 Å². The van der Waals surface area contributed by atoms with Crippen LogP contribution in [0.2, 0.25) is 5.02 Å². The summed E-state index contributed by atoms with van der Waals surface area (Å²) in [6, 6.07) is 5.91. The molecule has 66 valence electrons. The molecule has 0 saturated carbocycles. The van der Waals surface area contributed by atoms with E-state index in [1.165, 1.54) is 0 Å². The average Bonchev–Trinajstić information content (AvgIpc) is 2.08. The molecule has 0 aromatic heterocycles. The quantitative estimate of drug-likeness (QED) is 0.851. The second-order valence-corrected chi connectivity index (χ2v) is 3.95. The van der Waals surface area contributed by atoms with E-state index in [-0.39, 0.29) is 6.04 Å². The van der Waals surface area contributed by atoms with Crippen LogP contribution < -0.4 is 5.73 Å². The van der Waals surface area contributed by atoms with Crippen molar-refractivity contribution in [2.75, 3.05) is 0 Å². The van der Waals surface area contributed by atoms with E-state index in [1.54, 1.807) is 0 Å². The number of nitrogens with two attached hydrogens (primary N) is 1. The highest BCUT2D eigenvalue weighted by Crippen LogP contribution is 2.26. The first-order valence-corrected chi connectivity index (χ1v) is 5.02. The van der Waals surface area contributed by atoms with Crippen LogP contribution in [0.5, 0.6) is 0 Å². The van der Waals surface area contributed by atoms with Crippen LogP contribution in [0.4, 0.5) is 0 Å². The molecule has 3 heteroatoms. The molecule has 12 heavy (non-hydrogen) atoms. The van der Waals surface area contributed by atoms with E-state index in [1.807, 2.05) is 18.2 Å². The van der Waals surface area contributed by atoms with Gasteiger partial charge in [-0.3, -0.25) is 0 Å². The normalized spacial score (nSPS) is 13.0. The minimum atomic E-state index is 0.0931. The Morgan fingerprint density at radius 1 is 1.58 bits per heavy atom. The summed E-state index contributed by atoms with van der Waals surface area (Å²) in [7, 11) is 0. The maximum atomic E-state index is 5.91. The number of rotatable bonds is 2. The lowest BCUT2D eigenvalue weighted by Gasteiger charge is -2.09. The highest BCUT2D eigenvalue weighted by molar-refractivity contribution is 9.10. The predicted molar refractivity (Wildman–Crippen MR) is 56.4 cm³/mol. The summed E-state index contributed by atoms with van der Waals surface area (Å²) < 4.78 is 0.913. The van der Waals surface area contributed by atoms with Gasteiger partial charge in [0.2, 0.25) is 0 Å². The Bertz CT molecular complexity index is 275. The van der Waals surface area contributed by atoms with Gasteiger partial charge in [0.05, 0.1) is 5.02 Å². The summed E-state index contributed by atoms with van der Waals surface area (Å²) in [6.45, 7) is 2.06. The lowest BCUT2D eigenvalue weighted by molar-refractivity contribution is 0.698. The van der Waals surface area contributed by atoms with Crippen LogP contribution in [0.25, 0.3) is 0 Å². The van der Waals surface area contributed by atoms with E-state index < -0.39 is 0 Å². The van der Waals surface area contributed by atoms with E-state index in [9.17, 15) is 0 Å². The van der Waals surface area contributed by atoms with E-state index in [0.29, 0.717) is 0 Å². The first-order chi connectivity index (χ1) is 5.65. The van der Waals surface area contributed by atoms with E-state index in [0.717, 1.165) is 21.5 Å². The fourth-order valence-electron chi connectivity index (χ4n) is 0.979. The summed E-state index contributed by atoms with van der Waals surface area (Å²) in [6.07, 6.45) is 0.929. The molecular weight excluding hydrogens is 237 g/mol. The minimum Gasteiger partial charge on any atom is -0.324 e. The smallest absolute Gasteiger partial charge is 0.0551 e. The minimum absolute atomic E-state index is 0.0931. The van der Waals surface area contributed by atoms with Crippen molar-refractivity contribution < 1.29 is 0 Å². The molecule has 1 aromatic rings. The molecule has 0 saturated heterocycles. The van der Waals surface area contributed by atoms with Crippen molar-refractivity contribution >= 4 is 27.5 Å². The van der Waals surface area contributed by atoms with Crippen LogP contribution >= 0.6 is 27.5 Å². The molecule has 0 amide bonds. The van der Waals surface area contributed by atoms with E-state index in [4.69, 9.17) is 17.3 Å². The molecular formula is C9H11BrClN. The Hall–Kier alpha value is -0.0500. The van der Waals surface area contributed by atoms with Crippen LogP contribution in [0.1, 0.15) is 24.9 Å². The van der Waals surface area contributed by atoms with Crippen molar-refractivity contribution in [3.05, 3.63) is 33.3 Å². The molecule has 1 unspecified atom stereocenters. The van der Waals surface area contributed by atoms with Crippen LogP contribution in [0.3, 0.4) is 0 Å². The van der Waals surface area contributed by atoms with Gasteiger partial charge in [0.1, 0.15) is 0 Å². The third-order valence-corrected chi connectivity index (χ3v) is 3.04. The Kier molecular flexibility index (Phi) is 3.56. The standard InChI is InChI=1S/C9H11BrClN/c1-2-9(12)6-3-4-7(10)8(11)5-6/h3-5,9H,2,12H2,1H3.